The van der Waals surface area contributed by atoms with E-state index in [1.165, 1.54) is 22.7 Å². The van der Waals surface area contributed by atoms with Gasteiger partial charge in [-0.1, -0.05) is 62.0 Å². The lowest BCUT2D eigenvalue weighted by atomic mass is 10.2. The summed E-state index contributed by atoms with van der Waals surface area (Å²) in [6, 6.07) is 2.16. The van der Waals surface area contributed by atoms with Crippen LogP contribution in [0.2, 0.25) is 5.02 Å². The van der Waals surface area contributed by atoms with Gasteiger partial charge >= 0.3 is 0 Å². The van der Waals surface area contributed by atoms with Crippen molar-refractivity contribution in [2.24, 2.45) is 0 Å². The third kappa shape index (κ3) is 7.13. The number of hydrogen-bond acceptors (Lipinski definition) is 9. The number of benzene rings is 1. The highest BCUT2D eigenvalue weighted by atomic mass is 35.5. The van der Waals surface area contributed by atoms with E-state index in [9.17, 15) is 14.9 Å². The van der Waals surface area contributed by atoms with E-state index in [2.05, 4.69) is 26.7 Å². The minimum Gasteiger partial charge on any atom is -0.301 e. The van der Waals surface area contributed by atoms with Gasteiger partial charge in [-0.3, -0.25) is 19.4 Å². The molecule has 2 aromatic heterocycles. The maximum atomic E-state index is 12.4. The molecule has 0 atom stereocenters. The van der Waals surface area contributed by atoms with Crippen molar-refractivity contribution in [3.05, 3.63) is 10.6 Å². The van der Waals surface area contributed by atoms with Gasteiger partial charge in [0.05, 0.1) is 27.5 Å². The van der Waals surface area contributed by atoms with Crippen LogP contribution in [0.25, 0.3) is 20.4 Å². The topological polar surface area (TPSA) is 114 Å². The molecule has 0 saturated carbocycles. The zero-order valence-corrected chi connectivity index (χ0v) is 23.8. The second-order valence-corrected chi connectivity index (χ2v) is 9.59. The lowest BCUT2D eigenvalue weighted by Gasteiger charge is -2.16. The van der Waals surface area contributed by atoms with Gasteiger partial charge in [0.15, 0.2) is 10.3 Å². The van der Waals surface area contributed by atoms with Gasteiger partial charge in [-0.25, -0.2) is 9.97 Å². The number of carbonyl (C=O) groups excluding carboxylic acids is 2. The van der Waals surface area contributed by atoms with E-state index in [1.54, 1.807) is 0 Å². The highest BCUT2D eigenvalue weighted by molar-refractivity contribution is 7.25. The van der Waals surface area contributed by atoms with Crippen molar-refractivity contribution in [3.63, 3.8) is 0 Å². The maximum Gasteiger partial charge on any atom is 0.240 e. The minimum atomic E-state index is -0.175. The number of fused-ring (bicyclic) bond motifs is 2. The molecule has 1 aromatic carbocycles. The molecule has 2 N–H and O–H groups in total. The Morgan fingerprint density at radius 2 is 1.23 bits per heavy atom. The SMILES string of the molecule is CCN(CC)CC(=O)Nc1nc2c(C#N)c3nc(NC(=O)CN(CC)CC)sc3c(Cl)c2s1.Cl.Cl. The summed E-state index contributed by atoms with van der Waals surface area (Å²) in [7, 11) is 0. The Kier molecular flexibility index (Phi) is 12.6. The van der Waals surface area contributed by atoms with Crippen molar-refractivity contribution in [2.75, 3.05) is 49.9 Å². The van der Waals surface area contributed by atoms with Gasteiger partial charge in [-0.05, 0) is 26.2 Å². The van der Waals surface area contributed by atoms with E-state index in [0.29, 0.717) is 35.7 Å². The maximum absolute atomic E-state index is 12.4. The third-order valence-corrected chi connectivity index (χ3v) is 7.83. The summed E-state index contributed by atoms with van der Waals surface area (Å²) < 4.78 is 1.20. The van der Waals surface area contributed by atoms with Gasteiger partial charge in [0, 0.05) is 0 Å². The number of nitrogens with zero attached hydrogens (tertiary/aromatic N) is 5. The highest BCUT2D eigenvalue weighted by Gasteiger charge is 2.22. The van der Waals surface area contributed by atoms with Crippen molar-refractivity contribution in [2.45, 2.75) is 27.7 Å². The molecule has 35 heavy (non-hydrogen) atoms. The van der Waals surface area contributed by atoms with E-state index in [4.69, 9.17) is 11.6 Å². The van der Waals surface area contributed by atoms with E-state index >= 15 is 0 Å². The average Bonchev–Trinajstić information content (AvgIpc) is 3.40. The second-order valence-electron chi connectivity index (χ2n) is 7.21. The number of carbonyl (C=O) groups is 2. The summed E-state index contributed by atoms with van der Waals surface area (Å²) >= 11 is 9.08. The predicted octanol–water partition coefficient (Wildman–Crippen LogP) is 4.84. The lowest BCUT2D eigenvalue weighted by molar-refractivity contribution is -0.118. The Balaban J connectivity index is 0.00000306. The number of nitriles is 1. The van der Waals surface area contributed by atoms with Gasteiger partial charge in [-0.2, -0.15) is 5.26 Å². The van der Waals surface area contributed by atoms with E-state index < -0.39 is 0 Å². The van der Waals surface area contributed by atoms with Crippen LogP contribution in [0.3, 0.4) is 0 Å². The second kappa shape index (κ2) is 14.1. The molecule has 2 heterocycles. The molecule has 3 rings (SSSR count). The number of nitrogens with one attached hydrogen (secondary N) is 2. The van der Waals surface area contributed by atoms with Crippen molar-refractivity contribution >= 4 is 102 Å². The first kappa shape index (κ1) is 31.3. The normalized spacial score (nSPS) is 10.8. The number of amides is 2. The molecule has 14 heteroatoms. The molecule has 192 valence electrons. The zero-order valence-electron chi connectivity index (χ0n) is 19.8. The quantitative estimate of drug-likeness (QED) is 0.353. The fraction of sp³-hybridized carbons (Fsp3) is 0.476. The van der Waals surface area contributed by atoms with Crippen molar-refractivity contribution in [1.82, 2.24) is 19.8 Å². The zero-order chi connectivity index (χ0) is 24.1. The van der Waals surface area contributed by atoms with Crippen molar-refractivity contribution in [3.8, 4) is 6.07 Å². The molecule has 0 bridgehead atoms. The lowest BCUT2D eigenvalue weighted by Crippen LogP contribution is -2.32. The molecule has 0 aliphatic carbocycles. The van der Waals surface area contributed by atoms with Crippen LogP contribution in [0, 0.1) is 11.3 Å². The number of hydrogen-bond donors (Lipinski definition) is 2. The minimum absolute atomic E-state index is 0. The molecule has 0 saturated heterocycles. The first-order valence-electron chi connectivity index (χ1n) is 10.7. The molecule has 0 aliphatic heterocycles. The van der Waals surface area contributed by atoms with Crippen LogP contribution in [-0.2, 0) is 9.59 Å². The number of thiazole rings is 2. The van der Waals surface area contributed by atoms with Gasteiger partial charge < -0.3 is 10.6 Å². The van der Waals surface area contributed by atoms with Crippen LogP contribution < -0.4 is 10.6 Å². The average molecular weight is 581 g/mol. The first-order chi connectivity index (χ1) is 15.8. The number of anilines is 2. The molecule has 2 amide bonds. The highest BCUT2D eigenvalue weighted by Crippen LogP contribution is 2.43. The largest absolute Gasteiger partial charge is 0.301 e. The summed E-state index contributed by atoms with van der Waals surface area (Å²) in [5.74, 6) is -0.351. The summed E-state index contributed by atoms with van der Waals surface area (Å²) in [4.78, 5) is 37.6. The number of likely N-dealkylation sites (N-methyl/N-ethyl adjacent to an activating group) is 2. The van der Waals surface area contributed by atoms with Gasteiger partial charge in [-0.15, -0.1) is 24.8 Å². The van der Waals surface area contributed by atoms with E-state index in [1.807, 2.05) is 37.5 Å². The van der Waals surface area contributed by atoms with Crippen LogP contribution in [0.1, 0.15) is 33.3 Å². The van der Waals surface area contributed by atoms with Crippen LogP contribution in [0.5, 0.6) is 0 Å². The van der Waals surface area contributed by atoms with Crippen molar-refractivity contribution < 1.29 is 9.59 Å². The Morgan fingerprint density at radius 3 is 1.54 bits per heavy atom. The number of halogens is 3. The predicted molar refractivity (Wildman–Crippen MR) is 150 cm³/mol. The van der Waals surface area contributed by atoms with Crippen molar-refractivity contribution in [1.29, 1.82) is 5.26 Å². The summed E-state index contributed by atoms with van der Waals surface area (Å²) in [6.45, 7) is 11.6. The molecule has 3 aromatic rings. The van der Waals surface area contributed by atoms with Crippen LogP contribution in [-0.4, -0.2) is 70.9 Å². The van der Waals surface area contributed by atoms with Crippen LogP contribution in [0.15, 0.2) is 0 Å². The molecule has 0 radical (unpaired) electrons. The molecular weight excluding hydrogens is 553 g/mol. The smallest absolute Gasteiger partial charge is 0.240 e. The van der Waals surface area contributed by atoms with Crippen LogP contribution >= 0.6 is 59.1 Å². The molecule has 0 aliphatic rings. The Morgan fingerprint density at radius 1 is 0.857 bits per heavy atom. The van der Waals surface area contributed by atoms with Gasteiger partial charge in [0.25, 0.3) is 0 Å². The molecule has 0 unspecified atom stereocenters. The number of rotatable bonds is 10. The Hall–Kier alpha value is -1.78. The molecule has 0 fully saturated rings. The molecule has 9 nitrogen and oxygen atoms in total. The van der Waals surface area contributed by atoms with E-state index in [0.717, 1.165) is 26.2 Å². The first-order valence-corrected chi connectivity index (χ1v) is 12.7. The van der Waals surface area contributed by atoms with E-state index in [-0.39, 0.29) is 55.3 Å². The fourth-order valence-corrected chi connectivity index (χ4v) is 5.66. The standard InChI is InChI=1S/C21H26ClN7O2S2.2ClH/c1-5-28(6-2)10-13(30)24-20-26-16-12(9-23)17-19(15(22)18(16)32-20)33-21(27-17)25-14(31)11-29(7-3)8-4;;/h5-8,10-11H2,1-4H3,(H,24,26,30)(H,25,27,31);2*1H. The molecule has 0 spiro atoms. The van der Waals surface area contributed by atoms with Gasteiger partial charge in [0.2, 0.25) is 11.8 Å². The summed E-state index contributed by atoms with van der Waals surface area (Å²) in [6.07, 6.45) is 0. The number of aromatic nitrogens is 2. The van der Waals surface area contributed by atoms with Crippen LogP contribution in [0.4, 0.5) is 10.3 Å². The Labute approximate surface area is 229 Å². The summed E-state index contributed by atoms with van der Waals surface area (Å²) in [5, 5.41) is 16.6. The fourth-order valence-electron chi connectivity index (χ4n) is 3.32. The summed E-state index contributed by atoms with van der Waals surface area (Å²) in [5.41, 5.74) is 1.05. The molecular formula is C21H28Cl3N7O2S2. The monoisotopic (exact) mass is 579 g/mol. The third-order valence-electron chi connectivity index (χ3n) is 5.25. The van der Waals surface area contributed by atoms with Gasteiger partial charge in [0.1, 0.15) is 22.7 Å². The Bertz CT molecular complexity index is 1130.